The molecule has 1 atom stereocenters. The van der Waals surface area contributed by atoms with Gasteiger partial charge in [-0.15, -0.1) is 0 Å². The Labute approximate surface area is 189 Å². The summed E-state index contributed by atoms with van der Waals surface area (Å²) in [6.07, 6.45) is 23.3. The molecule has 2 heteroatoms. The lowest BCUT2D eigenvalue weighted by molar-refractivity contribution is 0.283. The molecule has 0 heterocycles. The Bertz CT molecular complexity index is 714. The van der Waals surface area contributed by atoms with Crippen LogP contribution in [0.5, 0.6) is 0 Å². The lowest BCUT2D eigenvalue weighted by atomic mass is 9.75. The summed E-state index contributed by atoms with van der Waals surface area (Å²) in [7, 11) is 0. The van der Waals surface area contributed by atoms with Crippen LogP contribution in [-0.4, -0.2) is 0 Å². The van der Waals surface area contributed by atoms with Crippen LogP contribution >= 0.6 is 0 Å². The molecule has 0 aliphatic heterocycles. The highest BCUT2D eigenvalue weighted by Gasteiger charge is 2.24. The van der Waals surface area contributed by atoms with E-state index in [2.05, 4.69) is 32.1 Å². The van der Waals surface area contributed by atoms with Crippen LogP contribution in [0.2, 0.25) is 0 Å². The predicted octanol–water partition coefficient (Wildman–Crippen LogP) is 9.44. The topological polar surface area (TPSA) is 0 Å². The monoisotopic (exact) mass is 428 g/mol. The number of halogens is 2. The highest BCUT2D eigenvalue weighted by atomic mass is 19.1. The molecule has 2 aliphatic rings. The third kappa shape index (κ3) is 7.02. The molecule has 1 unspecified atom stereocenters. The fraction of sp³-hybridized carbons (Fsp3) is 0.655. The van der Waals surface area contributed by atoms with Crippen molar-refractivity contribution in [3.63, 3.8) is 0 Å². The fourth-order valence-corrected chi connectivity index (χ4v) is 5.46. The third-order valence-electron chi connectivity index (χ3n) is 7.53. The highest BCUT2D eigenvalue weighted by molar-refractivity contribution is 5.36. The van der Waals surface area contributed by atoms with E-state index in [0.29, 0.717) is 12.3 Å². The van der Waals surface area contributed by atoms with Crippen molar-refractivity contribution < 1.29 is 8.78 Å². The summed E-state index contributed by atoms with van der Waals surface area (Å²) in [5.74, 6) is 0.958. The van der Waals surface area contributed by atoms with Crippen molar-refractivity contribution in [2.45, 2.75) is 110 Å². The first-order chi connectivity index (χ1) is 15.1. The molecule has 3 rings (SSSR count). The van der Waals surface area contributed by atoms with Crippen molar-refractivity contribution in [1.29, 1.82) is 0 Å². The quantitative estimate of drug-likeness (QED) is 0.308. The normalized spacial score (nSPS) is 23.7. The van der Waals surface area contributed by atoms with Gasteiger partial charge in [-0.25, -0.2) is 8.78 Å². The molecular formula is C29H42F2. The van der Waals surface area contributed by atoms with Crippen molar-refractivity contribution in [2.75, 3.05) is 0 Å². The van der Waals surface area contributed by atoms with E-state index in [1.165, 1.54) is 63.4 Å². The van der Waals surface area contributed by atoms with Gasteiger partial charge >= 0.3 is 0 Å². The van der Waals surface area contributed by atoms with Gasteiger partial charge in [0, 0.05) is 11.5 Å². The average molecular weight is 429 g/mol. The van der Waals surface area contributed by atoms with Gasteiger partial charge in [0.25, 0.3) is 0 Å². The van der Waals surface area contributed by atoms with Crippen LogP contribution in [-0.2, 0) is 6.42 Å². The Hall–Kier alpha value is -1.44. The van der Waals surface area contributed by atoms with Crippen molar-refractivity contribution in [3.8, 4) is 0 Å². The van der Waals surface area contributed by atoms with E-state index in [-0.39, 0.29) is 23.1 Å². The molecule has 0 bridgehead atoms. The van der Waals surface area contributed by atoms with Gasteiger partial charge in [-0.2, -0.15) is 0 Å². The Kier molecular flexibility index (Phi) is 9.81. The molecule has 1 aromatic rings. The molecule has 0 radical (unpaired) electrons. The second kappa shape index (κ2) is 12.6. The SMILES string of the molecule is CCCCCCC1CCC(C2=CCC(c3cc(F)c(CCCCC)c(F)c3)C=C2)CC1. The van der Waals surface area contributed by atoms with Crippen LogP contribution in [0, 0.1) is 23.5 Å². The summed E-state index contributed by atoms with van der Waals surface area (Å²) >= 11 is 0. The van der Waals surface area contributed by atoms with E-state index in [0.717, 1.165) is 37.2 Å². The molecule has 1 aromatic carbocycles. The molecule has 0 saturated heterocycles. The molecule has 1 fully saturated rings. The third-order valence-corrected chi connectivity index (χ3v) is 7.53. The summed E-state index contributed by atoms with van der Waals surface area (Å²) in [5, 5.41) is 0. The van der Waals surface area contributed by atoms with Gasteiger partial charge in [-0.1, -0.05) is 77.0 Å². The molecule has 0 amide bonds. The van der Waals surface area contributed by atoms with Gasteiger partial charge in [-0.05, 0) is 80.1 Å². The van der Waals surface area contributed by atoms with Crippen LogP contribution in [0.3, 0.4) is 0 Å². The van der Waals surface area contributed by atoms with Crippen LogP contribution in [0.25, 0.3) is 0 Å². The van der Waals surface area contributed by atoms with E-state index in [1.54, 1.807) is 12.1 Å². The summed E-state index contributed by atoms with van der Waals surface area (Å²) in [4.78, 5) is 0. The molecular weight excluding hydrogens is 386 g/mol. The standard InChI is InChI=1S/C29H42F2/c1-3-5-7-9-10-22-12-14-23(15-13-22)24-16-18-25(19-17-24)26-20-28(30)27(29(31)21-26)11-8-6-4-2/h16-18,20-23,25H,3-15,19H2,1-2H3. The van der Waals surface area contributed by atoms with Crippen LogP contribution in [0.4, 0.5) is 8.78 Å². The number of benzene rings is 1. The minimum Gasteiger partial charge on any atom is -0.207 e. The zero-order chi connectivity index (χ0) is 22.1. The van der Waals surface area contributed by atoms with Gasteiger partial charge in [0.1, 0.15) is 11.6 Å². The summed E-state index contributed by atoms with van der Waals surface area (Å²) < 4.78 is 29.1. The van der Waals surface area contributed by atoms with Crippen molar-refractivity contribution >= 4 is 0 Å². The maximum atomic E-state index is 14.5. The lowest BCUT2D eigenvalue weighted by Crippen LogP contribution is -2.17. The zero-order valence-electron chi connectivity index (χ0n) is 19.8. The molecule has 0 aromatic heterocycles. The van der Waals surface area contributed by atoms with Gasteiger partial charge in [0.2, 0.25) is 0 Å². The first-order valence-corrected chi connectivity index (χ1v) is 13.0. The van der Waals surface area contributed by atoms with E-state index >= 15 is 0 Å². The number of hydrogen-bond acceptors (Lipinski definition) is 0. The maximum absolute atomic E-state index is 14.5. The molecule has 0 N–H and O–H groups in total. The molecule has 2 aliphatic carbocycles. The van der Waals surface area contributed by atoms with Crippen LogP contribution in [0.15, 0.2) is 35.9 Å². The van der Waals surface area contributed by atoms with E-state index in [1.807, 2.05) is 0 Å². The summed E-state index contributed by atoms with van der Waals surface area (Å²) in [6, 6.07) is 3.14. The van der Waals surface area contributed by atoms with Crippen molar-refractivity contribution in [1.82, 2.24) is 0 Å². The lowest BCUT2D eigenvalue weighted by Gasteiger charge is -2.31. The van der Waals surface area contributed by atoms with E-state index in [4.69, 9.17) is 0 Å². The smallest absolute Gasteiger partial charge is 0.129 e. The molecule has 0 nitrogen and oxygen atoms in total. The maximum Gasteiger partial charge on any atom is 0.129 e. The number of rotatable bonds is 11. The Morgan fingerprint density at radius 1 is 0.839 bits per heavy atom. The van der Waals surface area contributed by atoms with E-state index in [9.17, 15) is 8.78 Å². The van der Waals surface area contributed by atoms with Crippen molar-refractivity contribution in [2.24, 2.45) is 11.8 Å². The van der Waals surface area contributed by atoms with Gasteiger partial charge in [0.05, 0.1) is 0 Å². The molecule has 1 saturated carbocycles. The number of allylic oxidation sites excluding steroid dienone is 4. The molecule has 0 spiro atoms. The van der Waals surface area contributed by atoms with E-state index < -0.39 is 0 Å². The Balaban J connectivity index is 1.50. The van der Waals surface area contributed by atoms with Gasteiger partial charge < -0.3 is 0 Å². The number of unbranched alkanes of at least 4 members (excludes halogenated alkanes) is 5. The zero-order valence-corrected chi connectivity index (χ0v) is 19.8. The van der Waals surface area contributed by atoms with Crippen molar-refractivity contribution in [3.05, 3.63) is 58.7 Å². The minimum atomic E-state index is -0.369. The van der Waals surface area contributed by atoms with Gasteiger partial charge in [-0.3, -0.25) is 0 Å². The average Bonchev–Trinajstić information content (AvgIpc) is 2.79. The second-order valence-electron chi connectivity index (χ2n) is 9.89. The summed E-state index contributed by atoms with van der Waals surface area (Å²) in [5.41, 5.74) is 2.49. The largest absolute Gasteiger partial charge is 0.207 e. The van der Waals surface area contributed by atoms with Crippen LogP contribution in [0.1, 0.15) is 114 Å². The van der Waals surface area contributed by atoms with Gasteiger partial charge in [0.15, 0.2) is 0 Å². The van der Waals surface area contributed by atoms with Crippen LogP contribution < -0.4 is 0 Å². The minimum absolute atomic E-state index is 0.0901. The Morgan fingerprint density at radius 3 is 2.13 bits per heavy atom. The summed E-state index contributed by atoms with van der Waals surface area (Å²) in [6.45, 7) is 4.38. The molecule has 172 valence electrons. The second-order valence-corrected chi connectivity index (χ2v) is 9.89. The predicted molar refractivity (Wildman–Crippen MR) is 128 cm³/mol. The highest BCUT2D eigenvalue weighted by Crippen LogP contribution is 2.39. The fourth-order valence-electron chi connectivity index (χ4n) is 5.46. The Morgan fingerprint density at radius 2 is 1.52 bits per heavy atom. The first-order valence-electron chi connectivity index (χ1n) is 13.0. The number of hydrogen-bond donors (Lipinski definition) is 0. The molecule has 31 heavy (non-hydrogen) atoms. The first kappa shape index (κ1) is 24.2.